The number of ether oxygens (including phenoxy) is 2. The molecule has 206 valence electrons. The van der Waals surface area contributed by atoms with Crippen molar-refractivity contribution in [2.24, 2.45) is 11.7 Å². The highest BCUT2D eigenvalue weighted by atomic mass is 19.1. The third-order valence-electron chi connectivity index (χ3n) is 7.13. The number of nitrogens with two attached hydrogens (primary N) is 1. The lowest BCUT2D eigenvalue weighted by molar-refractivity contribution is 0.0172. The summed E-state index contributed by atoms with van der Waals surface area (Å²) in [5.41, 5.74) is 7.77. The van der Waals surface area contributed by atoms with Gasteiger partial charge in [-0.1, -0.05) is 6.07 Å². The highest BCUT2D eigenvalue weighted by molar-refractivity contribution is 5.98. The van der Waals surface area contributed by atoms with Gasteiger partial charge in [0.15, 0.2) is 5.69 Å². The molecule has 1 atom stereocenters. The molecule has 0 bridgehead atoms. The van der Waals surface area contributed by atoms with Gasteiger partial charge in [0.05, 0.1) is 17.1 Å². The fraction of sp³-hybridized carbons (Fsp3) is 0.414. The number of carbonyl (C=O) groups excluding carboxylic acids is 2. The number of hydrogen-bond acceptors (Lipinski definition) is 6. The molecule has 1 saturated heterocycles. The topological polar surface area (TPSA) is 112 Å². The number of primary amides is 1. The number of amides is 2. The molecular formula is C29H34FN5O4. The minimum atomic E-state index is -0.572. The summed E-state index contributed by atoms with van der Waals surface area (Å²) in [6.45, 7) is 7.55. The summed E-state index contributed by atoms with van der Waals surface area (Å²) >= 11 is 0. The van der Waals surface area contributed by atoms with Gasteiger partial charge < -0.3 is 25.4 Å². The number of anilines is 1. The molecule has 2 aromatic carbocycles. The van der Waals surface area contributed by atoms with E-state index < -0.39 is 11.5 Å². The Balaban J connectivity index is 1.35. The predicted octanol–water partition coefficient (Wildman–Crippen LogP) is 5.45. The molecule has 3 aromatic rings. The first kappa shape index (κ1) is 26.5. The average Bonchev–Trinajstić information content (AvgIpc) is 3.28. The third-order valence-corrected chi connectivity index (χ3v) is 7.13. The quantitative estimate of drug-likeness (QED) is 0.450. The number of likely N-dealkylation sites (tertiary alicyclic amines) is 1. The van der Waals surface area contributed by atoms with E-state index in [0.717, 1.165) is 25.0 Å². The largest absolute Gasteiger partial charge is 0.457 e. The molecule has 3 heterocycles. The Morgan fingerprint density at radius 3 is 2.41 bits per heavy atom. The van der Waals surface area contributed by atoms with Crippen LogP contribution in [0.25, 0.3) is 5.69 Å². The third kappa shape index (κ3) is 5.84. The maximum atomic E-state index is 13.5. The molecule has 10 heteroatoms. The molecule has 0 radical (unpaired) electrons. The number of benzene rings is 2. The molecule has 1 unspecified atom stereocenters. The zero-order valence-corrected chi connectivity index (χ0v) is 22.4. The van der Waals surface area contributed by atoms with E-state index in [-0.39, 0.29) is 17.8 Å². The zero-order chi connectivity index (χ0) is 27.7. The van der Waals surface area contributed by atoms with Crippen molar-refractivity contribution in [3.8, 4) is 17.2 Å². The minimum Gasteiger partial charge on any atom is -0.457 e. The fourth-order valence-electron chi connectivity index (χ4n) is 5.36. The van der Waals surface area contributed by atoms with Crippen LogP contribution in [0.1, 0.15) is 62.1 Å². The molecule has 0 saturated carbocycles. The van der Waals surface area contributed by atoms with Crippen LogP contribution in [0.4, 0.5) is 14.9 Å². The number of fused-ring (bicyclic) bond motifs is 1. The van der Waals surface area contributed by atoms with Gasteiger partial charge in [0, 0.05) is 31.6 Å². The molecule has 39 heavy (non-hydrogen) atoms. The highest BCUT2D eigenvalue weighted by Crippen LogP contribution is 2.42. The van der Waals surface area contributed by atoms with E-state index in [2.05, 4.69) is 5.32 Å². The molecule has 2 amide bonds. The number of halogens is 1. The van der Waals surface area contributed by atoms with Crippen LogP contribution in [-0.2, 0) is 4.74 Å². The normalized spacial score (nSPS) is 17.7. The Kier molecular flexibility index (Phi) is 7.20. The second-order valence-electron chi connectivity index (χ2n) is 11.1. The van der Waals surface area contributed by atoms with Gasteiger partial charge in [-0.3, -0.25) is 4.79 Å². The second kappa shape index (κ2) is 10.6. The predicted molar refractivity (Wildman–Crippen MR) is 145 cm³/mol. The van der Waals surface area contributed by atoms with E-state index in [0.29, 0.717) is 54.1 Å². The van der Waals surface area contributed by atoms with E-state index >= 15 is 0 Å². The summed E-state index contributed by atoms with van der Waals surface area (Å²) in [6, 6.07) is 13.0. The van der Waals surface area contributed by atoms with Crippen molar-refractivity contribution in [1.82, 2.24) is 14.7 Å². The van der Waals surface area contributed by atoms with Crippen LogP contribution in [0.2, 0.25) is 0 Å². The van der Waals surface area contributed by atoms with Crippen LogP contribution in [0, 0.1) is 11.7 Å². The molecule has 0 aliphatic carbocycles. The van der Waals surface area contributed by atoms with Gasteiger partial charge in [0.1, 0.15) is 22.9 Å². The lowest BCUT2D eigenvalue weighted by Gasteiger charge is -2.37. The number of nitrogens with one attached hydrogen (secondary N) is 1. The van der Waals surface area contributed by atoms with Crippen LogP contribution in [0.15, 0.2) is 48.5 Å². The molecule has 1 aromatic heterocycles. The summed E-state index contributed by atoms with van der Waals surface area (Å²) in [6.07, 6.45) is 2.25. The molecule has 2 aliphatic rings. The van der Waals surface area contributed by atoms with Crippen molar-refractivity contribution in [1.29, 1.82) is 0 Å². The Hall–Kier alpha value is -4.08. The van der Waals surface area contributed by atoms with E-state index in [1.165, 1.54) is 12.1 Å². The van der Waals surface area contributed by atoms with E-state index in [1.807, 2.05) is 20.8 Å². The molecule has 9 nitrogen and oxygen atoms in total. The molecule has 0 spiro atoms. The summed E-state index contributed by atoms with van der Waals surface area (Å²) in [5, 5.41) is 8.23. The molecule has 2 aliphatic heterocycles. The molecule has 5 rings (SSSR count). The lowest BCUT2D eigenvalue weighted by atomic mass is 9.78. The van der Waals surface area contributed by atoms with Gasteiger partial charge in [-0.2, -0.15) is 5.10 Å². The maximum absolute atomic E-state index is 13.5. The Morgan fingerprint density at radius 1 is 1.05 bits per heavy atom. The van der Waals surface area contributed by atoms with Gasteiger partial charge in [-0.05, 0) is 82.3 Å². The zero-order valence-electron chi connectivity index (χ0n) is 22.4. The number of nitrogens with zero attached hydrogens (tertiary/aromatic N) is 3. The van der Waals surface area contributed by atoms with Crippen LogP contribution in [0.3, 0.4) is 0 Å². The van der Waals surface area contributed by atoms with Crippen LogP contribution < -0.4 is 15.8 Å². The van der Waals surface area contributed by atoms with Gasteiger partial charge in [-0.15, -0.1) is 0 Å². The van der Waals surface area contributed by atoms with Crippen molar-refractivity contribution >= 4 is 17.7 Å². The number of rotatable bonds is 5. The van der Waals surface area contributed by atoms with Gasteiger partial charge in [0.2, 0.25) is 0 Å². The van der Waals surface area contributed by atoms with Crippen LogP contribution >= 0.6 is 0 Å². The standard InChI is InChI=1S/C29H34FN5O4/c1-29(2,3)39-28(37)34-15-12-18(13-16-34)23-11-14-32-25-24(23)33-35(26(25)27(31)36)20-7-9-21(10-8-20)38-22-6-4-5-19(30)17-22/h4-10,17-18,23,32H,11-16H2,1-3H3,(H2,31,36). The van der Waals surface area contributed by atoms with Gasteiger partial charge >= 0.3 is 6.09 Å². The van der Waals surface area contributed by atoms with Gasteiger partial charge in [0.25, 0.3) is 5.91 Å². The number of carbonyl (C=O) groups is 2. The second-order valence-corrected chi connectivity index (χ2v) is 11.1. The van der Waals surface area contributed by atoms with Crippen molar-refractivity contribution in [3.05, 3.63) is 65.7 Å². The number of hydrogen-bond donors (Lipinski definition) is 2. The van der Waals surface area contributed by atoms with Crippen molar-refractivity contribution in [2.45, 2.75) is 51.6 Å². The first-order valence-electron chi connectivity index (χ1n) is 13.3. The monoisotopic (exact) mass is 535 g/mol. The van der Waals surface area contributed by atoms with Crippen molar-refractivity contribution < 1.29 is 23.5 Å². The molecular weight excluding hydrogens is 501 g/mol. The number of piperidine rings is 1. The Bertz CT molecular complexity index is 1360. The number of aromatic nitrogens is 2. The van der Waals surface area contributed by atoms with Crippen LogP contribution in [-0.4, -0.2) is 51.9 Å². The van der Waals surface area contributed by atoms with Crippen LogP contribution in [0.5, 0.6) is 11.5 Å². The van der Waals surface area contributed by atoms with Crippen molar-refractivity contribution in [2.75, 3.05) is 25.0 Å². The maximum Gasteiger partial charge on any atom is 0.410 e. The molecule has 1 fully saturated rings. The Labute approximate surface area is 227 Å². The highest BCUT2D eigenvalue weighted by Gasteiger charge is 2.37. The summed E-state index contributed by atoms with van der Waals surface area (Å²) in [5.74, 6) is 0.411. The minimum absolute atomic E-state index is 0.136. The first-order valence-corrected chi connectivity index (χ1v) is 13.3. The summed E-state index contributed by atoms with van der Waals surface area (Å²) in [7, 11) is 0. The van der Waals surface area contributed by atoms with E-state index in [1.54, 1.807) is 46.0 Å². The lowest BCUT2D eigenvalue weighted by Crippen LogP contribution is -2.43. The average molecular weight is 536 g/mol. The van der Waals surface area contributed by atoms with Gasteiger partial charge in [-0.25, -0.2) is 13.9 Å². The Morgan fingerprint density at radius 2 is 1.77 bits per heavy atom. The molecule has 3 N–H and O–H groups in total. The van der Waals surface area contributed by atoms with E-state index in [9.17, 15) is 14.0 Å². The SMILES string of the molecule is CC(C)(C)OC(=O)N1CCC(C2CCNc3c2nn(-c2ccc(Oc4cccc(F)c4)cc2)c3C(N)=O)CC1. The summed E-state index contributed by atoms with van der Waals surface area (Å²) in [4.78, 5) is 26.9. The van der Waals surface area contributed by atoms with E-state index in [4.69, 9.17) is 20.3 Å². The summed E-state index contributed by atoms with van der Waals surface area (Å²) < 4.78 is 26.4. The fourth-order valence-corrected chi connectivity index (χ4v) is 5.36. The smallest absolute Gasteiger partial charge is 0.410 e. The first-order chi connectivity index (χ1) is 18.6. The van der Waals surface area contributed by atoms with Crippen molar-refractivity contribution in [3.63, 3.8) is 0 Å².